The Kier molecular flexibility index (Phi) is 4.73. The van der Waals surface area contributed by atoms with Crippen LogP contribution in [0.4, 0.5) is 0 Å². The van der Waals surface area contributed by atoms with E-state index in [-0.39, 0.29) is 5.41 Å². The van der Waals surface area contributed by atoms with Crippen LogP contribution in [-0.2, 0) is 25.3 Å². The van der Waals surface area contributed by atoms with Crippen LogP contribution in [0.1, 0.15) is 36.1 Å². The van der Waals surface area contributed by atoms with E-state index in [0.29, 0.717) is 5.92 Å². The average Bonchev–Trinajstić information content (AvgIpc) is 3.57. The molecule has 3 aliphatic rings. The van der Waals surface area contributed by atoms with E-state index >= 15 is 0 Å². The predicted molar refractivity (Wildman–Crippen MR) is 130 cm³/mol. The Bertz CT molecular complexity index is 1150. The lowest BCUT2D eigenvalue weighted by Gasteiger charge is -2.51. The number of aryl methyl sites for hydroxylation is 1. The summed E-state index contributed by atoms with van der Waals surface area (Å²) in [5.41, 5.74) is 6.14. The second-order valence-corrected chi connectivity index (χ2v) is 11.0. The zero-order chi connectivity index (χ0) is 21.2. The zero-order valence-electron chi connectivity index (χ0n) is 18.5. The fourth-order valence-electron chi connectivity index (χ4n) is 6.42. The number of rotatable bonds is 4. The predicted octanol–water partition coefficient (Wildman–Crippen LogP) is 5.72. The Hall–Kier alpha value is -1.78. The van der Waals surface area contributed by atoms with Gasteiger partial charge in [-0.1, -0.05) is 28.1 Å². The summed E-state index contributed by atoms with van der Waals surface area (Å²) in [6.45, 7) is 3.74. The van der Waals surface area contributed by atoms with Gasteiger partial charge in [0.15, 0.2) is 0 Å². The van der Waals surface area contributed by atoms with Gasteiger partial charge in [-0.05, 0) is 91.9 Å². The van der Waals surface area contributed by atoms with Crippen LogP contribution in [0.25, 0.3) is 10.9 Å². The molecule has 0 amide bonds. The van der Waals surface area contributed by atoms with Crippen LogP contribution in [0, 0.1) is 11.8 Å². The Morgan fingerprint density at radius 3 is 2.84 bits per heavy atom. The van der Waals surface area contributed by atoms with E-state index < -0.39 is 0 Å². The number of ether oxygens (including phenoxy) is 1. The Labute approximate surface area is 193 Å². The third-order valence-electron chi connectivity index (χ3n) is 8.32. The second-order valence-electron chi connectivity index (χ2n) is 10.1. The van der Waals surface area contributed by atoms with Crippen molar-refractivity contribution in [1.82, 2.24) is 9.47 Å². The van der Waals surface area contributed by atoms with Gasteiger partial charge in [0.2, 0.25) is 0 Å². The van der Waals surface area contributed by atoms with Gasteiger partial charge in [0.25, 0.3) is 0 Å². The largest absolute Gasteiger partial charge is 0.497 e. The molecular weight excluding hydrogens is 448 g/mol. The van der Waals surface area contributed by atoms with Gasteiger partial charge in [-0.15, -0.1) is 0 Å². The monoisotopic (exact) mass is 478 g/mol. The van der Waals surface area contributed by atoms with Gasteiger partial charge in [0.1, 0.15) is 5.75 Å². The number of methoxy groups -OCH3 is 1. The van der Waals surface area contributed by atoms with E-state index in [4.69, 9.17) is 4.74 Å². The van der Waals surface area contributed by atoms with Crippen molar-refractivity contribution in [2.45, 2.75) is 37.5 Å². The van der Waals surface area contributed by atoms with Gasteiger partial charge in [-0.3, -0.25) is 0 Å². The molecule has 4 heteroatoms. The van der Waals surface area contributed by atoms with Crippen molar-refractivity contribution in [2.24, 2.45) is 18.9 Å². The number of fused-ring (bicyclic) bond motifs is 4. The maximum Gasteiger partial charge on any atom is 0.119 e. The van der Waals surface area contributed by atoms with E-state index in [1.54, 1.807) is 12.7 Å². The zero-order valence-corrected chi connectivity index (χ0v) is 20.1. The van der Waals surface area contributed by atoms with Gasteiger partial charge in [-0.25, -0.2) is 0 Å². The number of halogens is 1. The molecule has 0 N–H and O–H groups in total. The molecule has 1 saturated carbocycles. The summed E-state index contributed by atoms with van der Waals surface area (Å²) < 4.78 is 9.28. The Morgan fingerprint density at radius 1 is 1.16 bits per heavy atom. The number of nitrogens with zero attached hydrogens (tertiary/aromatic N) is 2. The SMILES string of the molecule is COc1cccc(C23CCN(CC4CC4)CC2Cc2c(n(C)c4ccc(Br)cc24)C3)c1. The maximum absolute atomic E-state index is 5.64. The third-order valence-corrected chi connectivity index (χ3v) is 8.82. The highest BCUT2D eigenvalue weighted by atomic mass is 79.9. The molecule has 2 unspecified atom stereocenters. The molecule has 2 aromatic carbocycles. The molecule has 3 aromatic rings. The smallest absolute Gasteiger partial charge is 0.119 e. The molecule has 2 fully saturated rings. The number of likely N-dealkylation sites (tertiary alicyclic amines) is 1. The molecule has 162 valence electrons. The van der Waals surface area contributed by atoms with Crippen LogP contribution in [0.15, 0.2) is 46.9 Å². The molecule has 1 aromatic heterocycles. The molecule has 1 saturated heterocycles. The van der Waals surface area contributed by atoms with Crippen LogP contribution >= 0.6 is 15.9 Å². The lowest BCUT2D eigenvalue weighted by atomic mass is 9.58. The number of hydrogen-bond donors (Lipinski definition) is 0. The van der Waals surface area contributed by atoms with Crippen LogP contribution < -0.4 is 4.74 Å². The van der Waals surface area contributed by atoms with Crippen molar-refractivity contribution in [3.63, 3.8) is 0 Å². The minimum atomic E-state index is 0.195. The highest BCUT2D eigenvalue weighted by molar-refractivity contribution is 9.10. The molecule has 0 spiro atoms. The van der Waals surface area contributed by atoms with Gasteiger partial charge in [0.05, 0.1) is 7.11 Å². The first-order valence-electron chi connectivity index (χ1n) is 11.7. The van der Waals surface area contributed by atoms with Crippen molar-refractivity contribution < 1.29 is 4.74 Å². The van der Waals surface area contributed by atoms with Gasteiger partial charge < -0.3 is 14.2 Å². The van der Waals surface area contributed by atoms with Crippen LogP contribution in [0.3, 0.4) is 0 Å². The molecule has 3 nitrogen and oxygen atoms in total. The summed E-state index contributed by atoms with van der Waals surface area (Å²) in [5, 5.41) is 1.44. The summed E-state index contributed by atoms with van der Waals surface area (Å²) in [7, 11) is 4.05. The minimum Gasteiger partial charge on any atom is -0.497 e. The second kappa shape index (κ2) is 7.38. The molecule has 2 atom stereocenters. The number of hydrogen-bond acceptors (Lipinski definition) is 2. The quantitative estimate of drug-likeness (QED) is 0.477. The lowest BCUT2D eigenvalue weighted by Crippen LogP contribution is -2.54. The lowest BCUT2D eigenvalue weighted by molar-refractivity contribution is 0.0775. The number of piperidine rings is 1. The third kappa shape index (κ3) is 3.25. The molecule has 2 heterocycles. The molecule has 1 aliphatic heterocycles. The fraction of sp³-hybridized carbons (Fsp3) is 0.481. The Morgan fingerprint density at radius 2 is 2.03 bits per heavy atom. The summed E-state index contributed by atoms with van der Waals surface area (Å²) in [6.07, 6.45) is 6.40. The first-order chi connectivity index (χ1) is 15.1. The minimum absolute atomic E-state index is 0.195. The van der Waals surface area contributed by atoms with E-state index in [2.05, 4.69) is 74.9 Å². The van der Waals surface area contributed by atoms with Crippen LogP contribution in [0.5, 0.6) is 5.75 Å². The van der Waals surface area contributed by atoms with Gasteiger partial charge in [-0.2, -0.15) is 0 Å². The number of benzene rings is 2. The first-order valence-corrected chi connectivity index (χ1v) is 12.5. The molecule has 0 bridgehead atoms. The normalized spacial score (nSPS) is 26.0. The molecule has 31 heavy (non-hydrogen) atoms. The summed E-state index contributed by atoms with van der Waals surface area (Å²) >= 11 is 3.71. The summed E-state index contributed by atoms with van der Waals surface area (Å²) in [5.74, 6) is 2.58. The molecule has 6 rings (SSSR count). The Balaban J connectivity index is 1.47. The summed E-state index contributed by atoms with van der Waals surface area (Å²) in [6, 6.07) is 15.7. The van der Waals surface area contributed by atoms with E-state index in [1.165, 1.54) is 72.0 Å². The molecule has 2 aliphatic carbocycles. The van der Waals surface area contributed by atoms with E-state index in [0.717, 1.165) is 18.1 Å². The van der Waals surface area contributed by atoms with Crippen LogP contribution in [0.2, 0.25) is 0 Å². The van der Waals surface area contributed by atoms with Crippen molar-refractivity contribution in [3.8, 4) is 5.75 Å². The summed E-state index contributed by atoms with van der Waals surface area (Å²) in [4.78, 5) is 2.77. The van der Waals surface area contributed by atoms with Gasteiger partial charge in [0, 0.05) is 46.6 Å². The standard InChI is InChI=1S/C27H31BrN2O/c1-29-25-9-8-21(28)14-24(25)23-13-20-17-30(16-18-6-7-18)11-10-27(20,15-26(23)29)19-4-3-5-22(12-19)31-2/h3-5,8-9,12,14,18,20H,6-7,10-11,13,15-17H2,1-2H3. The highest BCUT2D eigenvalue weighted by Crippen LogP contribution is 2.50. The first kappa shape index (κ1) is 19.9. The molecular formula is C27H31BrN2O. The van der Waals surface area contributed by atoms with Crippen LogP contribution in [-0.4, -0.2) is 36.2 Å². The van der Waals surface area contributed by atoms with Crippen molar-refractivity contribution in [2.75, 3.05) is 26.7 Å². The van der Waals surface area contributed by atoms with Crippen molar-refractivity contribution in [1.29, 1.82) is 0 Å². The molecule has 0 radical (unpaired) electrons. The van der Waals surface area contributed by atoms with Crippen molar-refractivity contribution >= 4 is 26.8 Å². The van der Waals surface area contributed by atoms with Gasteiger partial charge >= 0.3 is 0 Å². The highest BCUT2D eigenvalue weighted by Gasteiger charge is 2.49. The van der Waals surface area contributed by atoms with Crippen molar-refractivity contribution in [3.05, 3.63) is 63.8 Å². The van der Waals surface area contributed by atoms with E-state index in [1.807, 2.05) is 0 Å². The topological polar surface area (TPSA) is 17.4 Å². The fourth-order valence-corrected chi connectivity index (χ4v) is 6.78. The maximum atomic E-state index is 5.64. The van der Waals surface area contributed by atoms with E-state index in [9.17, 15) is 0 Å². The number of aromatic nitrogens is 1. The average molecular weight is 479 g/mol.